The third kappa shape index (κ3) is 3.42. The Bertz CT molecular complexity index is 406. The zero-order chi connectivity index (χ0) is 11.2. The quantitative estimate of drug-likeness (QED) is 0.771. The van der Waals surface area contributed by atoms with Gasteiger partial charge in [-0.3, -0.25) is 0 Å². The molecular weight excluding hydrogens is 268 g/mol. The highest BCUT2D eigenvalue weighted by Gasteiger charge is 1.97. The summed E-state index contributed by atoms with van der Waals surface area (Å²) in [7, 11) is 0. The van der Waals surface area contributed by atoms with E-state index in [-0.39, 0.29) is 0 Å². The summed E-state index contributed by atoms with van der Waals surface area (Å²) in [6.07, 6.45) is 3.58. The van der Waals surface area contributed by atoms with Crippen molar-refractivity contribution in [3.05, 3.63) is 52.9 Å². The zero-order valence-electron chi connectivity index (χ0n) is 8.86. The van der Waals surface area contributed by atoms with Gasteiger partial charge in [0.25, 0.3) is 0 Å². The smallest absolute Gasteiger partial charge is 0.119 e. The fourth-order valence-electron chi connectivity index (χ4n) is 1.42. The van der Waals surface area contributed by atoms with Gasteiger partial charge in [-0.15, -0.1) is 0 Å². The lowest BCUT2D eigenvalue weighted by atomic mass is 10.2. The van der Waals surface area contributed by atoms with Crippen LogP contribution in [0.1, 0.15) is 12.2 Å². The van der Waals surface area contributed by atoms with Crippen molar-refractivity contribution < 1.29 is 9.15 Å². The van der Waals surface area contributed by atoms with Crippen LogP contribution in [0.2, 0.25) is 0 Å². The highest BCUT2D eigenvalue weighted by atomic mass is 79.9. The van der Waals surface area contributed by atoms with Gasteiger partial charge in [-0.2, -0.15) is 0 Å². The van der Waals surface area contributed by atoms with E-state index in [1.807, 2.05) is 36.4 Å². The van der Waals surface area contributed by atoms with Crippen molar-refractivity contribution >= 4 is 15.9 Å². The minimum absolute atomic E-state index is 0.711. The van der Waals surface area contributed by atoms with Gasteiger partial charge in [-0.05, 0) is 42.8 Å². The number of hydrogen-bond donors (Lipinski definition) is 0. The highest BCUT2D eigenvalue weighted by Crippen LogP contribution is 2.16. The van der Waals surface area contributed by atoms with Gasteiger partial charge in [0.1, 0.15) is 11.5 Å². The van der Waals surface area contributed by atoms with Crippen molar-refractivity contribution in [3.63, 3.8) is 0 Å². The second kappa shape index (κ2) is 5.75. The summed E-state index contributed by atoms with van der Waals surface area (Å²) >= 11 is 3.39. The summed E-state index contributed by atoms with van der Waals surface area (Å²) in [5, 5.41) is 0. The predicted molar refractivity (Wildman–Crippen MR) is 66.7 cm³/mol. The first kappa shape index (κ1) is 11.3. The van der Waals surface area contributed by atoms with Crippen LogP contribution in [0.15, 0.2) is 51.6 Å². The molecule has 0 atom stereocenters. The maximum atomic E-state index is 5.60. The Kier molecular flexibility index (Phi) is 4.05. The van der Waals surface area contributed by atoms with E-state index in [2.05, 4.69) is 15.9 Å². The first-order chi connectivity index (χ1) is 7.84. The SMILES string of the molecule is Brc1ccc(OCCCc2ccco2)cc1. The van der Waals surface area contributed by atoms with Crippen LogP contribution in [-0.2, 0) is 6.42 Å². The van der Waals surface area contributed by atoms with E-state index in [0.717, 1.165) is 28.8 Å². The molecular formula is C13H13BrO2. The van der Waals surface area contributed by atoms with Gasteiger partial charge in [-0.25, -0.2) is 0 Å². The van der Waals surface area contributed by atoms with Crippen molar-refractivity contribution in [1.82, 2.24) is 0 Å². The molecule has 84 valence electrons. The summed E-state index contributed by atoms with van der Waals surface area (Å²) in [5.74, 6) is 1.92. The zero-order valence-corrected chi connectivity index (χ0v) is 10.4. The van der Waals surface area contributed by atoms with Crippen LogP contribution in [0.25, 0.3) is 0 Å². The highest BCUT2D eigenvalue weighted by molar-refractivity contribution is 9.10. The van der Waals surface area contributed by atoms with Crippen LogP contribution in [0, 0.1) is 0 Å². The van der Waals surface area contributed by atoms with Crippen molar-refractivity contribution in [2.75, 3.05) is 6.61 Å². The van der Waals surface area contributed by atoms with Gasteiger partial charge in [0, 0.05) is 10.9 Å². The maximum Gasteiger partial charge on any atom is 0.119 e. The lowest BCUT2D eigenvalue weighted by Crippen LogP contribution is -1.98. The van der Waals surface area contributed by atoms with Gasteiger partial charge in [-0.1, -0.05) is 15.9 Å². The number of ether oxygens (including phenoxy) is 1. The molecule has 0 N–H and O–H groups in total. The summed E-state index contributed by atoms with van der Waals surface area (Å²) in [4.78, 5) is 0. The van der Waals surface area contributed by atoms with E-state index >= 15 is 0 Å². The van der Waals surface area contributed by atoms with Crippen LogP contribution in [-0.4, -0.2) is 6.61 Å². The third-order valence-corrected chi connectivity index (χ3v) is 2.76. The summed E-state index contributed by atoms with van der Waals surface area (Å²) < 4.78 is 11.9. The van der Waals surface area contributed by atoms with Crippen LogP contribution in [0.4, 0.5) is 0 Å². The fourth-order valence-corrected chi connectivity index (χ4v) is 1.69. The number of furan rings is 1. The molecule has 0 radical (unpaired) electrons. The van der Waals surface area contributed by atoms with Crippen LogP contribution in [0.3, 0.4) is 0 Å². The normalized spacial score (nSPS) is 10.3. The summed E-state index contributed by atoms with van der Waals surface area (Å²) in [6.45, 7) is 0.711. The molecule has 16 heavy (non-hydrogen) atoms. The molecule has 1 aromatic heterocycles. The molecule has 0 aliphatic rings. The van der Waals surface area contributed by atoms with Gasteiger partial charge < -0.3 is 9.15 Å². The summed E-state index contributed by atoms with van der Waals surface area (Å²) in [6, 6.07) is 11.8. The second-order valence-corrected chi connectivity index (χ2v) is 4.40. The lowest BCUT2D eigenvalue weighted by Gasteiger charge is -2.05. The van der Waals surface area contributed by atoms with E-state index < -0.39 is 0 Å². The molecule has 0 aliphatic carbocycles. The van der Waals surface area contributed by atoms with Gasteiger partial charge in [0.05, 0.1) is 12.9 Å². The second-order valence-electron chi connectivity index (χ2n) is 3.49. The van der Waals surface area contributed by atoms with Crippen molar-refractivity contribution in [3.8, 4) is 5.75 Å². The van der Waals surface area contributed by atoms with Crippen LogP contribution >= 0.6 is 15.9 Å². The minimum Gasteiger partial charge on any atom is -0.494 e. The molecule has 2 aromatic rings. The molecule has 0 saturated carbocycles. The molecule has 0 aliphatic heterocycles. The minimum atomic E-state index is 0.711. The monoisotopic (exact) mass is 280 g/mol. The van der Waals surface area contributed by atoms with Crippen molar-refractivity contribution in [2.45, 2.75) is 12.8 Å². The first-order valence-corrected chi connectivity index (χ1v) is 6.04. The summed E-state index contributed by atoms with van der Waals surface area (Å²) in [5.41, 5.74) is 0. The Morgan fingerprint density at radius 2 is 1.94 bits per heavy atom. The third-order valence-electron chi connectivity index (χ3n) is 2.23. The molecule has 0 fully saturated rings. The molecule has 2 nitrogen and oxygen atoms in total. The molecule has 1 aromatic carbocycles. The van der Waals surface area contributed by atoms with E-state index in [0.29, 0.717) is 6.61 Å². The molecule has 0 saturated heterocycles. The van der Waals surface area contributed by atoms with E-state index in [4.69, 9.17) is 9.15 Å². The van der Waals surface area contributed by atoms with E-state index in [9.17, 15) is 0 Å². The lowest BCUT2D eigenvalue weighted by molar-refractivity contribution is 0.306. The topological polar surface area (TPSA) is 22.4 Å². The fraction of sp³-hybridized carbons (Fsp3) is 0.231. The maximum absolute atomic E-state index is 5.60. The molecule has 2 rings (SSSR count). The van der Waals surface area contributed by atoms with Gasteiger partial charge in [0.2, 0.25) is 0 Å². The Labute approximate surface area is 103 Å². The first-order valence-electron chi connectivity index (χ1n) is 5.25. The van der Waals surface area contributed by atoms with E-state index in [1.165, 1.54) is 0 Å². The van der Waals surface area contributed by atoms with Gasteiger partial charge in [0.15, 0.2) is 0 Å². The van der Waals surface area contributed by atoms with E-state index in [1.54, 1.807) is 6.26 Å². The largest absolute Gasteiger partial charge is 0.494 e. The standard InChI is InChI=1S/C13H13BrO2/c14-11-5-7-13(8-6-11)16-10-2-4-12-3-1-9-15-12/h1,3,5-9H,2,4,10H2. The van der Waals surface area contributed by atoms with Crippen LogP contribution in [0.5, 0.6) is 5.75 Å². The van der Waals surface area contributed by atoms with Crippen molar-refractivity contribution in [2.24, 2.45) is 0 Å². The molecule has 0 unspecified atom stereocenters. The molecule has 0 spiro atoms. The average molecular weight is 281 g/mol. The number of benzene rings is 1. The predicted octanol–water partition coefficient (Wildman–Crippen LogP) is 4.05. The molecule has 0 amide bonds. The number of halogens is 1. The Morgan fingerprint density at radius 3 is 2.62 bits per heavy atom. The molecule has 1 heterocycles. The Morgan fingerprint density at radius 1 is 1.12 bits per heavy atom. The average Bonchev–Trinajstić information content (AvgIpc) is 2.80. The molecule has 3 heteroatoms. The Hall–Kier alpha value is -1.22. The number of hydrogen-bond acceptors (Lipinski definition) is 2. The van der Waals surface area contributed by atoms with Crippen LogP contribution < -0.4 is 4.74 Å². The number of rotatable bonds is 5. The van der Waals surface area contributed by atoms with Crippen molar-refractivity contribution in [1.29, 1.82) is 0 Å². The number of aryl methyl sites for hydroxylation is 1. The van der Waals surface area contributed by atoms with Gasteiger partial charge >= 0.3 is 0 Å². The molecule has 0 bridgehead atoms. The Balaban J connectivity index is 1.70.